The number of Topliss-reactive ketones (excluding diaryl/α,β-unsaturated/α-hetero) is 1. The van der Waals surface area contributed by atoms with E-state index in [-0.39, 0.29) is 18.2 Å². The predicted octanol–water partition coefficient (Wildman–Crippen LogP) is 5.39. The van der Waals surface area contributed by atoms with Crippen LogP contribution in [0.5, 0.6) is 0 Å². The van der Waals surface area contributed by atoms with Crippen LogP contribution in [0.25, 0.3) is 10.2 Å². The fourth-order valence-corrected chi connectivity index (χ4v) is 4.16. The zero-order chi connectivity index (χ0) is 20.4. The summed E-state index contributed by atoms with van der Waals surface area (Å²) in [6, 6.07) is 17.8. The molecule has 2 aromatic heterocycles. The molecule has 0 saturated heterocycles. The Morgan fingerprint density at radius 2 is 1.76 bits per heavy atom. The Kier molecular flexibility index (Phi) is 5.38. The number of carbonyl (C=O) groups excluding carboxylic acids is 2. The molecule has 0 aliphatic rings. The second-order valence-electron chi connectivity index (χ2n) is 6.43. The van der Waals surface area contributed by atoms with E-state index in [1.807, 2.05) is 30.3 Å². The number of hydrogen-bond donors (Lipinski definition) is 0. The van der Waals surface area contributed by atoms with E-state index in [0.717, 1.165) is 10.4 Å². The first-order valence-corrected chi connectivity index (χ1v) is 10.1. The Morgan fingerprint density at radius 3 is 2.41 bits per heavy atom. The zero-order valence-corrected chi connectivity index (χ0v) is 17.1. The van der Waals surface area contributed by atoms with Gasteiger partial charge in [0.2, 0.25) is 0 Å². The summed E-state index contributed by atoms with van der Waals surface area (Å²) in [4.78, 5) is 35.4. The molecule has 4 aromatic rings. The van der Waals surface area contributed by atoms with Gasteiger partial charge in [-0.1, -0.05) is 47.2 Å². The van der Waals surface area contributed by atoms with Crippen LogP contribution in [-0.2, 0) is 6.54 Å². The SMILES string of the molecule is CC(=O)c1ccc(C(=O)N(Cc2ccccn2)c2nc3c(Cl)cccc3s2)cc1. The number of rotatable bonds is 5. The topological polar surface area (TPSA) is 63.2 Å². The summed E-state index contributed by atoms with van der Waals surface area (Å²) in [7, 11) is 0. The average Bonchev–Trinajstić information content (AvgIpc) is 3.18. The molecule has 0 fully saturated rings. The molecule has 7 heteroatoms. The maximum absolute atomic E-state index is 13.3. The van der Waals surface area contributed by atoms with Gasteiger partial charge in [0, 0.05) is 17.3 Å². The molecular formula is C22H16ClN3O2S. The highest BCUT2D eigenvalue weighted by molar-refractivity contribution is 7.22. The standard InChI is InChI=1S/C22H16ClN3O2S/c1-14(27)15-8-10-16(11-9-15)21(28)26(13-17-5-2-3-12-24-17)22-25-20-18(23)6-4-7-19(20)29-22/h2-12H,13H2,1H3. The number of nitrogens with zero attached hydrogens (tertiary/aromatic N) is 3. The van der Waals surface area contributed by atoms with E-state index in [4.69, 9.17) is 11.6 Å². The van der Waals surface area contributed by atoms with E-state index >= 15 is 0 Å². The van der Waals surface area contributed by atoms with Gasteiger partial charge in [-0.05, 0) is 43.3 Å². The number of halogens is 1. The molecule has 4 rings (SSSR count). The molecule has 5 nitrogen and oxygen atoms in total. The van der Waals surface area contributed by atoms with Gasteiger partial charge in [0.15, 0.2) is 10.9 Å². The fraction of sp³-hybridized carbons (Fsp3) is 0.0909. The summed E-state index contributed by atoms with van der Waals surface area (Å²) in [5.41, 5.74) is 2.44. The van der Waals surface area contributed by atoms with Gasteiger partial charge >= 0.3 is 0 Å². The number of anilines is 1. The van der Waals surface area contributed by atoms with Gasteiger partial charge in [0.25, 0.3) is 5.91 Å². The van der Waals surface area contributed by atoms with Gasteiger partial charge in [0.1, 0.15) is 5.52 Å². The Bertz CT molecular complexity index is 1190. The number of benzene rings is 2. The molecule has 144 valence electrons. The monoisotopic (exact) mass is 421 g/mol. The lowest BCUT2D eigenvalue weighted by Gasteiger charge is -2.19. The lowest BCUT2D eigenvalue weighted by molar-refractivity contribution is 0.0980. The number of thiazole rings is 1. The van der Waals surface area contributed by atoms with Crippen LogP contribution < -0.4 is 4.90 Å². The van der Waals surface area contributed by atoms with Crippen LogP contribution >= 0.6 is 22.9 Å². The Balaban J connectivity index is 1.75. The Labute approximate surface area is 176 Å². The van der Waals surface area contributed by atoms with E-state index < -0.39 is 0 Å². The zero-order valence-electron chi connectivity index (χ0n) is 15.5. The second-order valence-corrected chi connectivity index (χ2v) is 7.85. The van der Waals surface area contributed by atoms with E-state index in [1.54, 1.807) is 41.4 Å². The fourth-order valence-electron chi connectivity index (χ4n) is 2.90. The summed E-state index contributed by atoms with van der Waals surface area (Å²) in [6.07, 6.45) is 1.69. The molecule has 0 atom stereocenters. The molecule has 0 spiro atoms. The quantitative estimate of drug-likeness (QED) is 0.405. The van der Waals surface area contributed by atoms with Crippen LogP contribution in [0.3, 0.4) is 0 Å². The molecule has 0 N–H and O–H groups in total. The molecule has 29 heavy (non-hydrogen) atoms. The molecule has 0 radical (unpaired) electrons. The van der Waals surface area contributed by atoms with Gasteiger partial charge in [-0.2, -0.15) is 0 Å². The number of carbonyl (C=O) groups is 2. The minimum absolute atomic E-state index is 0.0462. The molecule has 0 aliphatic heterocycles. The van der Waals surface area contributed by atoms with Crippen LogP contribution in [0, 0.1) is 0 Å². The van der Waals surface area contributed by atoms with Crippen molar-refractivity contribution in [2.75, 3.05) is 4.90 Å². The number of ketones is 1. The highest BCUT2D eigenvalue weighted by atomic mass is 35.5. The molecule has 2 heterocycles. The second kappa shape index (κ2) is 8.11. The van der Waals surface area contributed by atoms with Crippen molar-refractivity contribution >= 4 is 50.0 Å². The summed E-state index contributed by atoms with van der Waals surface area (Å²) in [5, 5.41) is 1.08. The van der Waals surface area contributed by atoms with E-state index in [9.17, 15) is 9.59 Å². The number of pyridine rings is 1. The predicted molar refractivity (Wildman–Crippen MR) is 116 cm³/mol. The number of fused-ring (bicyclic) bond motifs is 1. The molecule has 0 unspecified atom stereocenters. The highest BCUT2D eigenvalue weighted by Gasteiger charge is 2.23. The highest BCUT2D eigenvalue weighted by Crippen LogP contribution is 2.34. The van der Waals surface area contributed by atoms with Gasteiger partial charge in [-0.15, -0.1) is 0 Å². The minimum atomic E-state index is -0.221. The first kappa shape index (κ1) is 19.2. The minimum Gasteiger partial charge on any atom is -0.295 e. The van der Waals surface area contributed by atoms with E-state index in [1.165, 1.54) is 18.3 Å². The molecule has 1 amide bonds. The smallest absolute Gasteiger partial charge is 0.260 e. The summed E-state index contributed by atoms with van der Waals surface area (Å²) < 4.78 is 0.901. The third kappa shape index (κ3) is 4.04. The van der Waals surface area contributed by atoms with Crippen molar-refractivity contribution in [3.8, 4) is 0 Å². The lowest BCUT2D eigenvalue weighted by atomic mass is 10.1. The molecular weight excluding hydrogens is 406 g/mol. The van der Waals surface area contributed by atoms with Crippen LogP contribution in [-0.4, -0.2) is 21.7 Å². The maximum atomic E-state index is 13.3. The third-order valence-corrected chi connectivity index (χ3v) is 5.77. The molecule has 0 saturated carbocycles. The number of para-hydroxylation sites is 1. The molecule has 0 aliphatic carbocycles. The van der Waals surface area contributed by atoms with Crippen LogP contribution in [0.15, 0.2) is 66.9 Å². The maximum Gasteiger partial charge on any atom is 0.260 e. The normalized spacial score (nSPS) is 10.8. The van der Waals surface area contributed by atoms with Crippen molar-refractivity contribution in [3.63, 3.8) is 0 Å². The Hall–Kier alpha value is -3.09. The summed E-state index contributed by atoms with van der Waals surface area (Å²) in [5.74, 6) is -0.268. The molecule has 2 aromatic carbocycles. The lowest BCUT2D eigenvalue weighted by Crippen LogP contribution is -2.30. The van der Waals surface area contributed by atoms with Gasteiger partial charge in [-0.25, -0.2) is 4.98 Å². The van der Waals surface area contributed by atoms with Crippen molar-refractivity contribution < 1.29 is 9.59 Å². The number of amides is 1. The van der Waals surface area contributed by atoms with Crippen molar-refractivity contribution in [2.24, 2.45) is 0 Å². The summed E-state index contributed by atoms with van der Waals surface area (Å²) in [6.45, 7) is 1.76. The third-order valence-electron chi connectivity index (χ3n) is 4.42. The van der Waals surface area contributed by atoms with Gasteiger partial charge in [-0.3, -0.25) is 19.5 Å². The number of aromatic nitrogens is 2. The van der Waals surface area contributed by atoms with Crippen LogP contribution in [0.2, 0.25) is 5.02 Å². The van der Waals surface area contributed by atoms with Crippen LogP contribution in [0.1, 0.15) is 33.3 Å². The largest absolute Gasteiger partial charge is 0.295 e. The van der Waals surface area contributed by atoms with Crippen LogP contribution in [0.4, 0.5) is 5.13 Å². The Morgan fingerprint density at radius 1 is 1.00 bits per heavy atom. The van der Waals surface area contributed by atoms with E-state index in [0.29, 0.717) is 26.8 Å². The van der Waals surface area contributed by atoms with Crippen molar-refractivity contribution in [2.45, 2.75) is 13.5 Å². The number of hydrogen-bond acceptors (Lipinski definition) is 5. The average molecular weight is 422 g/mol. The van der Waals surface area contributed by atoms with Crippen molar-refractivity contribution in [3.05, 3.63) is 88.7 Å². The van der Waals surface area contributed by atoms with Crippen molar-refractivity contribution in [1.29, 1.82) is 0 Å². The summed E-state index contributed by atoms with van der Waals surface area (Å²) >= 11 is 7.67. The van der Waals surface area contributed by atoms with E-state index in [2.05, 4.69) is 9.97 Å². The van der Waals surface area contributed by atoms with Gasteiger partial charge < -0.3 is 0 Å². The first-order valence-electron chi connectivity index (χ1n) is 8.91. The first-order chi connectivity index (χ1) is 14.0. The van der Waals surface area contributed by atoms with Gasteiger partial charge in [0.05, 0.1) is 22.0 Å². The van der Waals surface area contributed by atoms with Crippen molar-refractivity contribution in [1.82, 2.24) is 9.97 Å². The molecule has 0 bridgehead atoms.